The van der Waals surface area contributed by atoms with Crippen molar-refractivity contribution in [2.75, 3.05) is 0 Å². The van der Waals surface area contributed by atoms with Crippen LogP contribution in [0.15, 0.2) is 91.0 Å². The number of hydrogen-bond acceptors (Lipinski definition) is 1. The maximum absolute atomic E-state index is 2.34. The van der Waals surface area contributed by atoms with Gasteiger partial charge < -0.3 is 0 Å². The van der Waals surface area contributed by atoms with Crippen LogP contribution in [0.5, 0.6) is 0 Å². The topological polar surface area (TPSA) is 0 Å². The van der Waals surface area contributed by atoms with Crippen molar-refractivity contribution < 1.29 is 0 Å². The Hall–Kier alpha value is -2.90. The van der Waals surface area contributed by atoms with Crippen molar-refractivity contribution in [2.45, 2.75) is 6.92 Å². The molecule has 0 aliphatic heterocycles. The van der Waals surface area contributed by atoms with Crippen molar-refractivity contribution in [3.05, 3.63) is 96.6 Å². The molecule has 0 bridgehead atoms. The molecular formula is C25H18S. The zero-order valence-corrected chi connectivity index (χ0v) is 15.4. The normalized spacial score (nSPS) is 11.3. The summed E-state index contributed by atoms with van der Waals surface area (Å²) in [6.07, 6.45) is 0. The molecule has 1 heteroatoms. The minimum Gasteiger partial charge on any atom is -0.135 e. The lowest BCUT2D eigenvalue weighted by molar-refractivity contribution is 1.46. The Bertz CT molecular complexity index is 1240. The Morgan fingerprint density at radius 1 is 0.538 bits per heavy atom. The average Bonchev–Trinajstić information content (AvgIpc) is 3.06. The maximum atomic E-state index is 2.34. The summed E-state index contributed by atoms with van der Waals surface area (Å²) >= 11 is 1.88. The molecule has 0 aliphatic rings. The Balaban J connectivity index is 1.74. The summed E-state index contributed by atoms with van der Waals surface area (Å²) in [5, 5.41) is 2.70. The highest BCUT2D eigenvalue weighted by molar-refractivity contribution is 7.25. The first kappa shape index (κ1) is 15.4. The number of hydrogen-bond donors (Lipinski definition) is 0. The van der Waals surface area contributed by atoms with Gasteiger partial charge in [-0.05, 0) is 46.9 Å². The standard InChI is InChI=1S/C25H18S/c1-17-8-2-3-9-19(17)21-11-5-4-10-20(21)18-14-15-23-22-12-6-7-13-24(22)26-25(23)16-18/h2-16H,1H3. The van der Waals surface area contributed by atoms with E-state index in [0.29, 0.717) is 0 Å². The van der Waals surface area contributed by atoms with E-state index >= 15 is 0 Å². The summed E-state index contributed by atoms with van der Waals surface area (Å²) in [4.78, 5) is 0. The first-order chi connectivity index (χ1) is 12.8. The predicted molar refractivity (Wildman–Crippen MR) is 115 cm³/mol. The SMILES string of the molecule is Cc1ccccc1-c1ccccc1-c1ccc2c(c1)sc1ccccc12. The van der Waals surface area contributed by atoms with E-state index in [1.807, 2.05) is 11.3 Å². The summed E-state index contributed by atoms with van der Waals surface area (Å²) in [7, 11) is 0. The van der Waals surface area contributed by atoms with Crippen molar-refractivity contribution >= 4 is 31.5 Å². The van der Waals surface area contributed by atoms with Crippen LogP contribution in [0.3, 0.4) is 0 Å². The molecule has 0 saturated carbocycles. The van der Waals surface area contributed by atoms with Crippen molar-refractivity contribution in [3.63, 3.8) is 0 Å². The lowest BCUT2D eigenvalue weighted by Gasteiger charge is -2.12. The second-order valence-electron chi connectivity index (χ2n) is 6.67. The quantitative estimate of drug-likeness (QED) is 0.306. The first-order valence-electron chi connectivity index (χ1n) is 8.88. The molecule has 124 valence electrons. The highest BCUT2D eigenvalue weighted by Gasteiger charge is 2.11. The van der Waals surface area contributed by atoms with E-state index in [0.717, 1.165) is 0 Å². The highest BCUT2D eigenvalue weighted by atomic mass is 32.1. The third-order valence-electron chi connectivity index (χ3n) is 5.05. The smallest absolute Gasteiger partial charge is 0.0361 e. The van der Waals surface area contributed by atoms with Gasteiger partial charge in [0.25, 0.3) is 0 Å². The summed E-state index contributed by atoms with van der Waals surface area (Å²) < 4.78 is 2.70. The van der Waals surface area contributed by atoms with Gasteiger partial charge >= 0.3 is 0 Å². The van der Waals surface area contributed by atoms with Crippen LogP contribution in [-0.4, -0.2) is 0 Å². The third-order valence-corrected chi connectivity index (χ3v) is 6.19. The molecule has 0 fully saturated rings. The number of rotatable bonds is 2. The molecule has 5 aromatic rings. The van der Waals surface area contributed by atoms with Crippen molar-refractivity contribution in [1.29, 1.82) is 0 Å². The van der Waals surface area contributed by atoms with Crippen LogP contribution in [0, 0.1) is 6.92 Å². The predicted octanol–water partition coefficient (Wildman–Crippen LogP) is 7.70. The van der Waals surface area contributed by atoms with Crippen LogP contribution in [-0.2, 0) is 0 Å². The van der Waals surface area contributed by atoms with E-state index in [1.165, 1.54) is 48.0 Å². The molecule has 4 aromatic carbocycles. The number of benzene rings is 4. The fraction of sp³-hybridized carbons (Fsp3) is 0.0400. The largest absolute Gasteiger partial charge is 0.135 e. The molecule has 0 N–H and O–H groups in total. The van der Waals surface area contributed by atoms with Gasteiger partial charge in [-0.1, -0.05) is 78.9 Å². The molecule has 0 amide bonds. The molecule has 0 radical (unpaired) electrons. The van der Waals surface area contributed by atoms with Crippen molar-refractivity contribution in [3.8, 4) is 22.3 Å². The van der Waals surface area contributed by atoms with Crippen LogP contribution in [0.4, 0.5) is 0 Å². The van der Waals surface area contributed by atoms with Crippen LogP contribution in [0.2, 0.25) is 0 Å². The molecule has 0 atom stereocenters. The lowest BCUT2D eigenvalue weighted by atomic mass is 9.92. The molecular weight excluding hydrogens is 332 g/mol. The van der Waals surface area contributed by atoms with Gasteiger partial charge in [-0.15, -0.1) is 11.3 Å². The van der Waals surface area contributed by atoms with Crippen LogP contribution in [0.25, 0.3) is 42.4 Å². The highest BCUT2D eigenvalue weighted by Crippen LogP contribution is 2.39. The van der Waals surface area contributed by atoms with E-state index in [4.69, 9.17) is 0 Å². The second kappa shape index (κ2) is 6.12. The lowest BCUT2D eigenvalue weighted by Crippen LogP contribution is -1.87. The van der Waals surface area contributed by atoms with Gasteiger partial charge in [0.1, 0.15) is 0 Å². The molecule has 0 saturated heterocycles. The van der Waals surface area contributed by atoms with Gasteiger partial charge in [-0.25, -0.2) is 0 Å². The van der Waals surface area contributed by atoms with Gasteiger partial charge in [0, 0.05) is 20.2 Å². The third kappa shape index (κ3) is 2.44. The van der Waals surface area contributed by atoms with Crippen LogP contribution < -0.4 is 0 Å². The zero-order chi connectivity index (χ0) is 17.5. The molecule has 0 unspecified atom stereocenters. The van der Waals surface area contributed by atoms with Gasteiger partial charge in [-0.3, -0.25) is 0 Å². The number of thiophene rings is 1. The van der Waals surface area contributed by atoms with E-state index in [9.17, 15) is 0 Å². The van der Waals surface area contributed by atoms with Gasteiger partial charge in [-0.2, -0.15) is 0 Å². The first-order valence-corrected chi connectivity index (χ1v) is 9.69. The molecule has 1 aromatic heterocycles. The van der Waals surface area contributed by atoms with Gasteiger partial charge in [0.05, 0.1) is 0 Å². The molecule has 0 aliphatic carbocycles. The van der Waals surface area contributed by atoms with E-state index in [2.05, 4.69) is 97.9 Å². The summed E-state index contributed by atoms with van der Waals surface area (Å²) in [5.41, 5.74) is 6.48. The summed E-state index contributed by atoms with van der Waals surface area (Å²) in [6.45, 7) is 2.18. The Morgan fingerprint density at radius 2 is 1.19 bits per heavy atom. The molecule has 1 heterocycles. The average molecular weight is 350 g/mol. The van der Waals surface area contributed by atoms with Crippen molar-refractivity contribution in [2.24, 2.45) is 0 Å². The molecule has 5 rings (SSSR count). The van der Waals surface area contributed by atoms with Crippen LogP contribution >= 0.6 is 11.3 Å². The molecule has 0 nitrogen and oxygen atoms in total. The van der Waals surface area contributed by atoms with Gasteiger partial charge in [0.15, 0.2) is 0 Å². The monoisotopic (exact) mass is 350 g/mol. The molecule has 26 heavy (non-hydrogen) atoms. The maximum Gasteiger partial charge on any atom is 0.0361 e. The fourth-order valence-electron chi connectivity index (χ4n) is 3.74. The Kier molecular flexibility index (Phi) is 3.62. The number of aryl methyl sites for hydroxylation is 1. The van der Waals surface area contributed by atoms with E-state index < -0.39 is 0 Å². The Morgan fingerprint density at radius 3 is 2.04 bits per heavy atom. The number of fused-ring (bicyclic) bond motifs is 3. The van der Waals surface area contributed by atoms with Crippen LogP contribution in [0.1, 0.15) is 5.56 Å². The van der Waals surface area contributed by atoms with E-state index in [-0.39, 0.29) is 0 Å². The van der Waals surface area contributed by atoms with E-state index in [1.54, 1.807) is 0 Å². The fourth-order valence-corrected chi connectivity index (χ4v) is 4.88. The minimum atomic E-state index is 1.28. The zero-order valence-electron chi connectivity index (χ0n) is 14.6. The summed E-state index contributed by atoms with van der Waals surface area (Å²) in [6, 6.07) is 32.9. The van der Waals surface area contributed by atoms with Gasteiger partial charge in [0.2, 0.25) is 0 Å². The molecule has 0 spiro atoms. The minimum absolute atomic E-state index is 1.28. The van der Waals surface area contributed by atoms with Crippen molar-refractivity contribution in [1.82, 2.24) is 0 Å². The Labute approximate surface area is 157 Å². The summed E-state index contributed by atoms with van der Waals surface area (Å²) in [5.74, 6) is 0. The second-order valence-corrected chi connectivity index (χ2v) is 7.75.